The van der Waals surface area contributed by atoms with Crippen molar-refractivity contribution >= 4 is 15.5 Å². The fraction of sp³-hybridized carbons (Fsp3) is 0.538. The Labute approximate surface area is 119 Å². The Kier molecular flexibility index (Phi) is 4.39. The summed E-state index contributed by atoms with van der Waals surface area (Å²) in [5.74, 6) is 1.49. The van der Waals surface area contributed by atoms with Crippen LogP contribution in [0.15, 0.2) is 12.1 Å². The summed E-state index contributed by atoms with van der Waals surface area (Å²) in [5, 5.41) is 0. The molecule has 112 valence electrons. The fourth-order valence-electron chi connectivity index (χ4n) is 1.98. The molecule has 1 aromatic rings. The van der Waals surface area contributed by atoms with Gasteiger partial charge in [0.05, 0.1) is 5.75 Å². The monoisotopic (exact) mass is 300 g/mol. The Bertz CT molecular complexity index is 586. The van der Waals surface area contributed by atoms with Crippen LogP contribution in [0.3, 0.4) is 0 Å². The van der Waals surface area contributed by atoms with E-state index in [9.17, 15) is 8.42 Å². The van der Waals surface area contributed by atoms with Crippen LogP contribution in [0.1, 0.15) is 5.56 Å². The number of ether oxygens (including phenoxy) is 2. The molecule has 0 amide bonds. The van der Waals surface area contributed by atoms with Crippen LogP contribution in [0.5, 0.6) is 11.5 Å². The molecule has 6 nitrogen and oxygen atoms in total. The summed E-state index contributed by atoms with van der Waals surface area (Å²) in [6, 6.07) is 3.62. The Balaban J connectivity index is 2.05. The lowest BCUT2D eigenvalue weighted by Crippen LogP contribution is -2.25. The highest BCUT2D eigenvalue weighted by Gasteiger charge is 2.15. The highest BCUT2D eigenvalue weighted by molar-refractivity contribution is 7.90. The standard InChI is InChI=1S/C13H20N2O4S/c1-15(3-6-20(2,16)17)9-10-7-12-13(8-11(10)14)19-5-4-18-12/h7-8H,3-6,9,14H2,1-2H3. The zero-order valence-corrected chi connectivity index (χ0v) is 12.6. The van der Waals surface area contributed by atoms with E-state index in [2.05, 4.69) is 0 Å². The highest BCUT2D eigenvalue weighted by atomic mass is 32.2. The maximum atomic E-state index is 11.2. The largest absolute Gasteiger partial charge is 0.486 e. The SMILES string of the molecule is CN(CCS(C)(=O)=O)Cc1cc2c(cc1N)OCCO2. The Morgan fingerprint density at radius 2 is 1.85 bits per heavy atom. The third kappa shape index (κ3) is 4.01. The van der Waals surface area contributed by atoms with Gasteiger partial charge in [-0.1, -0.05) is 0 Å². The number of sulfone groups is 1. The van der Waals surface area contributed by atoms with E-state index >= 15 is 0 Å². The molecular formula is C13H20N2O4S. The molecule has 0 aromatic heterocycles. The molecule has 0 radical (unpaired) electrons. The van der Waals surface area contributed by atoms with Crippen molar-refractivity contribution in [3.8, 4) is 11.5 Å². The van der Waals surface area contributed by atoms with Crippen LogP contribution in [0.4, 0.5) is 5.69 Å². The van der Waals surface area contributed by atoms with Gasteiger partial charge in [0.25, 0.3) is 0 Å². The van der Waals surface area contributed by atoms with Gasteiger partial charge in [-0.3, -0.25) is 0 Å². The molecule has 0 atom stereocenters. The van der Waals surface area contributed by atoms with Crippen LogP contribution in [0, 0.1) is 0 Å². The minimum Gasteiger partial charge on any atom is -0.486 e. The number of rotatable bonds is 5. The smallest absolute Gasteiger partial charge is 0.163 e. The summed E-state index contributed by atoms with van der Waals surface area (Å²) >= 11 is 0. The summed E-state index contributed by atoms with van der Waals surface area (Å²) in [5.41, 5.74) is 7.53. The summed E-state index contributed by atoms with van der Waals surface area (Å²) in [4.78, 5) is 1.92. The third-order valence-electron chi connectivity index (χ3n) is 3.09. The lowest BCUT2D eigenvalue weighted by atomic mass is 10.1. The van der Waals surface area contributed by atoms with Crippen molar-refractivity contribution in [2.45, 2.75) is 6.54 Å². The van der Waals surface area contributed by atoms with Crippen molar-refractivity contribution in [1.82, 2.24) is 4.90 Å². The van der Waals surface area contributed by atoms with E-state index in [1.165, 1.54) is 6.26 Å². The predicted molar refractivity (Wildman–Crippen MR) is 77.9 cm³/mol. The zero-order chi connectivity index (χ0) is 14.8. The van der Waals surface area contributed by atoms with Gasteiger partial charge in [0.2, 0.25) is 0 Å². The molecule has 1 aliphatic heterocycles. The molecule has 0 unspecified atom stereocenters. The second kappa shape index (κ2) is 5.88. The number of benzene rings is 1. The van der Waals surface area contributed by atoms with Gasteiger partial charge < -0.3 is 20.1 Å². The second-order valence-electron chi connectivity index (χ2n) is 5.06. The normalized spacial score (nSPS) is 14.6. The van der Waals surface area contributed by atoms with Crippen molar-refractivity contribution in [2.24, 2.45) is 0 Å². The molecule has 0 bridgehead atoms. The van der Waals surface area contributed by atoms with E-state index < -0.39 is 9.84 Å². The molecule has 2 N–H and O–H groups in total. The first-order valence-corrected chi connectivity index (χ1v) is 8.45. The van der Waals surface area contributed by atoms with Crippen molar-refractivity contribution in [3.63, 3.8) is 0 Å². The molecule has 0 saturated carbocycles. The van der Waals surface area contributed by atoms with Crippen LogP contribution < -0.4 is 15.2 Å². The quantitative estimate of drug-likeness (QED) is 0.798. The number of anilines is 1. The zero-order valence-electron chi connectivity index (χ0n) is 11.8. The maximum Gasteiger partial charge on any atom is 0.163 e. The van der Waals surface area contributed by atoms with E-state index in [0.29, 0.717) is 43.5 Å². The molecule has 1 aromatic carbocycles. The Morgan fingerprint density at radius 3 is 2.45 bits per heavy atom. The molecule has 20 heavy (non-hydrogen) atoms. The molecule has 2 rings (SSSR count). The van der Waals surface area contributed by atoms with E-state index in [4.69, 9.17) is 15.2 Å². The van der Waals surface area contributed by atoms with Crippen LogP contribution >= 0.6 is 0 Å². The Morgan fingerprint density at radius 1 is 1.25 bits per heavy atom. The molecule has 0 fully saturated rings. The number of nitrogen functional groups attached to an aromatic ring is 1. The lowest BCUT2D eigenvalue weighted by Gasteiger charge is -2.22. The molecule has 1 aliphatic rings. The Hall–Kier alpha value is -1.47. The first-order valence-electron chi connectivity index (χ1n) is 6.39. The van der Waals surface area contributed by atoms with Gasteiger partial charge in [-0.15, -0.1) is 0 Å². The van der Waals surface area contributed by atoms with E-state index in [0.717, 1.165) is 5.56 Å². The number of fused-ring (bicyclic) bond motifs is 1. The molecule has 1 heterocycles. The summed E-state index contributed by atoms with van der Waals surface area (Å²) < 4.78 is 33.3. The summed E-state index contributed by atoms with van der Waals surface area (Å²) in [6.07, 6.45) is 1.24. The predicted octanol–water partition coefficient (Wildman–Crippen LogP) is 0.516. The fourth-order valence-corrected chi connectivity index (χ4v) is 2.62. The van der Waals surface area contributed by atoms with Gasteiger partial charge in [-0.05, 0) is 18.7 Å². The van der Waals surface area contributed by atoms with Crippen LogP contribution in [0.2, 0.25) is 0 Å². The first kappa shape index (κ1) is 14.9. The number of nitrogens with two attached hydrogens (primary N) is 1. The van der Waals surface area contributed by atoms with Gasteiger partial charge >= 0.3 is 0 Å². The topological polar surface area (TPSA) is 81.9 Å². The minimum absolute atomic E-state index is 0.133. The second-order valence-corrected chi connectivity index (χ2v) is 7.32. The van der Waals surface area contributed by atoms with Crippen molar-refractivity contribution in [3.05, 3.63) is 17.7 Å². The summed E-state index contributed by atoms with van der Waals surface area (Å²) in [7, 11) is -1.09. The van der Waals surface area contributed by atoms with Gasteiger partial charge in [0, 0.05) is 31.1 Å². The number of hydrogen-bond donors (Lipinski definition) is 1. The number of nitrogens with zero attached hydrogens (tertiary/aromatic N) is 1. The highest BCUT2D eigenvalue weighted by Crippen LogP contribution is 2.34. The van der Waals surface area contributed by atoms with Crippen LogP contribution in [-0.4, -0.2) is 52.1 Å². The van der Waals surface area contributed by atoms with Gasteiger partial charge in [0.1, 0.15) is 23.1 Å². The van der Waals surface area contributed by atoms with E-state index in [1.54, 1.807) is 6.07 Å². The molecule has 7 heteroatoms. The first-order chi connectivity index (χ1) is 9.35. The molecule has 0 aliphatic carbocycles. The van der Waals surface area contributed by atoms with E-state index in [1.807, 2.05) is 18.0 Å². The van der Waals surface area contributed by atoms with Crippen molar-refractivity contribution in [1.29, 1.82) is 0 Å². The number of hydrogen-bond acceptors (Lipinski definition) is 6. The van der Waals surface area contributed by atoms with Crippen molar-refractivity contribution in [2.75, 3.05) is 44.5 Å². The average Bonchev–Trinajstić information content (AvgIpc) is 2.36. The van der Waals surface area contributed by atoms with Crippen LogP contribution in [-0.2, 0) is 16.4 Å². The van der Waals surface area contributed by atoms with E-state index in [-0.39, 0.29) is 5.75 Å². The van der Waals surface area contributed by atoms with Gasteiger partial charge in [-0.25, -0.2) is 8.42 Å². The minimum atomic E-state index is -2.95. The molecule has 0 spiro atoms. The summed E-state index contributed by atoms with van der Waals surface area (Å²) in [6.45, 7) is 2.09. The molecular weight excluding hydrogens is 280 g/mol. The van der Waals surface area contributed by atoms with Gasteiger partial charge in [-0.2, -0.15) is 0 Å². The van der Waals surface area contributed by atoms with Gasteiger partial charge in [0.15, 0.2) is 11.5 Å². The third-order valence-corrected chi connectivity index (χ3v) is 4.01. The van der Waals surface area contributed by atoms with Crippen LogP contribution in [0.25, 0.3) is 0 Å². The molecule has 0 saturated heterocycles. The lowest BCUT2D eigenvalue weighted by molar-refractivity contribution is 0.171. The maximum absolute atomic E-state index is 11.2. The average molecular weight is 300 g/mol. The van der Waals surface area contributed by atoms with Crippen molar-refractivity contribution < 1.29 is 17.9 Å².